The number of nitrogens with two attached hydrogens (primary N) is 1. The first-order valence-electron chi connectivity index (χ1n) is 3.72. The molecule has 0 saturated heterocycles. The molecule has 0 aliphatic rings. The summed E-state index contributed by atoms with van der Waals surface area (Å²) in [5.41, 5.74) is 0. The van der Waals surface area contributed by atoms with Crippen LogP contribution in [0.3, 0.4) is 0 Å². The van der Waals surface area contributed by atoms with E-state index in [1.807, 2.05) is 6.92 Å². The highest BCUT2D eigenvalue weighted by Crippen LogP contribution is 2.00. The van der Waals surface area contributed by atoms with Gasteiger partial charge in [0.2, 0.25) is 10.0 Å². The maximum absolute atomic E-state index is 11.0. The van der Waals surface area contributed by atoms with Gasteiger partial charge in [-0.1, -0.05) is 19.8 Å². The van der Waals surface area contributed by atoms with Crippen molar-refractivity contribution in [3.8, 4) is 0 Å². The van der Waals surface area contributed by atoms with Crippen LogP contribution in [0.2, 0.25) is 0 Å². The van der Waals surface area contributed by atoms with E-state index in [0.717, 1.165) is 17.3 Å². The van der Waals surface area contributed by atoms with Crippen LogP contribution in [0, 0.1) is 0 Å². The zero-order chi connectivity index (χ0) is 8.91. The lowest BCUT2D eigenvalue weighted by Crippen LogP contribution is -2.35. The van der Waals surface area contributed by atoms with E-state index in [1.165, 1.54) is 7.05 Å². The predicted molar refractivity (Wildman–Crippen MR) is 45.3 cm³/mol. The second kappa shape index (κ2) is 4.69. The predicted octanol–water partition coefficient (Wildman–Crippen LogP) is 0.312. The first-order chi connectivity index (χ1) is 5.00. The molecule has 4 nitrogen and oxygen atoms in total. The molecule has 0 rings (SSSR count). The second-order valence-corrected chi connectivity index (χ2v) is 4.69. The molecule has 0 saturated carbocycles. The summed E-state index contributed by atoms with van der Waals surface area (Å²) in [6.07, 6.45) is 2.65. The van der Waals surface area contributed by atoms with Crippen LogP contribution in [0.5, 0.6) is 0 Å². The van der Waals surface area contributed by atoms with Crippen LogP contribution in [-0.2, 0) is 10.0 Å². The molecule has 0 bridgehead atoms. The van der Waals surface area contributed by atoms with E-state index in [9.17, 15) is 8.42 Å². The van der Waals surface area contributed by atoms with E-state index in [-0.39, 0.29) is 5.75 Å². The molecule has 0 aliphatic heterocycles. The molecule has 5 heteroatoms. The maximum atomic E-state index is 11.0. The Morgan fingerprint density at radius 2 is 1.91 bits per heavy atom. The minimum absolute atomic E-state index is 0.161. The molecule has 0 aromatic heterocycles. The molecule has 0 radical (unpaired) electrons. The third-order valence-corrected chi connectivity index (χ3v) is 3.13. The molecular formula is C6H16N2O2S. The van der Waals surface area contributed by atoms with Crippen LogP contribution in [0.4, 0.5) is 0 Å². The van der Waals surface area contributed by atoms with Gasteiger partial charge < -0.3 is 0 Å². The summed E-state index contributed by atoms with van der Waals surface area (Å²) in [4.78, 5) is 0. The molecule has 11 heavy (non-hydrogen) atoms. The first-order valence-corrected chi connectivity index (χ1v) is 5.33. The Morgan fingerprint density at radius 3 is 2.27 bits per heavy atom. The molecule has 0 aliphatic carbocycles. The van der Waals surface area contributed by atoms with Crippen molar-refractivity contribution in [1.82, 2.24) is 4.41 Å². The van der Waals surface area contributed by atoms with Crippen molar-refractivity contribution in [2.24, 2.45) is 5.84 Å². The summed E-state index contributed by atoms with van der Waals surface area (Å²) in [5.74, 6) is 5.26. The Labute approximate surface area is 68.4 Å². The smallest absolute Gasteiger partial charge is 0.226 e. The van der Waals surface area contributed by atoms with Gasteiger partial charge in [-0.25, -0.2) is 8.42 Å². The fraction of sp³-hybridized carbons (Fsp3) is 1.00. The van der Waals surface area contributed by atoms with Crippen molar-refractivity contribution >= 4 is 10.0 Å². The standard InChI is InChI=1S/C6H16N2O2S/c1-3-4-5-6-11(9,10)8(2)7/h3-7H2,1-2H3. The highest BCUT2D eigenvalue weighted by atomic mass is 32.2. The molecule has 0 unspecified atom stereocenters. The van der Waals surface area contributed by atoms with Crippen LogP contribution in [0.25, 0.3) is 0 Å². The van der Waals surface area contributed by atoms with Crippen molar-refractivity contribution in [2.75, 3.05) is 12.8 Å². The molecule has 0 spiro atoms. The Bertz CT molecular complexity index is 187. The summed E-state index contributed by atoms with van der Waals surface area (Å²) >= 11 is 0. The summed E-state index contributed by atoms with van der Waals surface area (Å²) in [5, 5.41) is 0. The van der Waals surface area contributed by atoms with Crippen molar-refractivity contribution in [3.63, 3.8) is 0 Å². The SMILES string of the molecule is CCCCCS(=O)(=O)N(C)N. The molecule has 0 aromatic rings. The average Bonchev–Trinajstić information content (AvgIpc) is 1.88. The van der Waals surface area contributed by atoms with Gasteiger partial charge in [0.15, 0.2) is 0 Å². The Morgan fingerprint density at radius 1 is 1.36 bits per heavy atom. The van der Waals surface area contributed by atoms with Crippen LogP contribution in [0.1, 0.15) is 26.2 Å². The second-order valence-electron chi connectivity index (χ2n) is 2.54. The van der Waals surface area contributed by atoms with Crippen LogP contribution < -0.4 is 5.84 Å². The largest absolute Gasteiger partial charge is 0.255 e. The molecule has 0 amide bonds. The fourth-order valence-electron chi connectivity index (χ4n) is 0.678. The van der Waals surface area contributed by atoms with Gasteiger partial charge >= 0.3 is 0 Å². The highest BCUT2D eigenvalue weighted by Gasteiger charge is 2.12. The number of rotatable bonds is 5. The number of nitrogens with zero attached hydrogens (tertiary/aromatic N) is 1. The molecule has 68 valence electrons. The molecule has 0 atom stereocenters. The molecule has 0 heterocycles. The minimum atomic E-state index is -3.16. The quantitative estimate of drug-likeness (QED) is 0.376. The number of hydrazine groups is 1. The Kier molecular flexibility index (Phi) is 4.63. The summed E-state index contributed by atoms with van der Waals surface area (Å²) < 4.78 is 22.8. The zero-order valence-corrected chi connectivity index (χ0v) is 7.89. The highest BCUT2D eigenvalue weighted by molar-refractivity contribution is 7.88. The van der Waals surface area contributed by atoms with Crippen LogP contribution >= 0.6 is 0 Å². The summed E-state index contributed by atoms with van der Waals surface area (Å²) in [6, 6.07) is 0. The van der Waals surface area contributed by atoms with Gasteiger partial charge in [-0.3, -0.25) is 5.84 Å². The lowest BCUT2D eigenvalue weighted by Gasteiger charge is -2.09. The Hall–Kier alpha value is -0.130. The minimum Gasteiger partial charge on any atom is -0.255 e. The van der Waals surface area contributed by atoms with E-state index in [4.69, 9.17) is 5.84 Å². The third-order valence-electron chi connectivity index (χ3n) is 1.44. The van der Waals surface area contributed by atoms with Crippen LogP contribution in [0.15, 0.2) is 0 Å². The van der Waals surface area contributed by atoms with Crippen molar-refractivity contribution in [1.29, 1.82) is 0 Å². The number of unbranched alkanes of at least 4 members (excludes halogenated alkanes) is 2. The maximum Gasteiger partial charge on any atom is 0.226 e. The van der Waals surface area contributed by atoms with Gasteiger partial charge in [0.05, 0.1) is 5.75 Å². The van der Waals surface area contributed by atoms with Gasteiger partial charge in [-0.15, -0.1) is 4.41 Å². The van der Waals surface area contributed by atoms with Gasteiger partial charge in [0.25, 0.3) is 0 Å². The van der Waals surface area contributed by atoms with Crippen molar-refractivity contribution < 1.29 is 8.42 Å². The zero-order valence-electron chi connectivity index (χ0n) is 7.08. The van der Waals surface area contributed by atoms with Crippen molar-refractivity contribution in [2.45, 2.75) is 26.2 Å². The van der Waals surface area contributed by atoms with E-state index in [1.54, 1.807) is 0 Å². The lowest BCUT2D eigenvalue weighted by atomic mass is 10.3. The van der Waals surface area contributed by atoms with Crippen molar-refractivity contribution in [3.05, 3.63) is 0 Å². The molecule has 2 N–H and O–H groups in total. The van der Waals surface area contributed by atoms with E-state index >= 15 is 0 Å². The summed E-state index contributed by atoms with van der Waals surface area (Å²) in [6.45, 7) is 2.03. The van der Waals surface area contributed by atoms with E-state index in [2.05, 4.69) is 0 Å². The van der Waals surface area contributed by atoms with Gasteiger partial charge in [-0.2, -0.15) is 0 Å². The van der Waals surface area contributed by atoms with Gasteiger partial charge in [0.1, 0.15) is 0 Å². The lowest BCUT2D eigenvalue weighted by molar-refractivity contribution is 0.483. The fourth-order valence-corrected chi connectivity index (χ4v) is 1.54. The number of hydrogen-bond acceptors (Lipinski definition) is 3. The Balaban J connectivity index is 3.75. The molecule has 0 aromatic carbocycles. The van der Waals surface area contributed by atoms with Gasteiger partial charge in [-0.05, 0) is 6.42 Å². The number of sulfonamides is 1. The average molecular weight is 180 g/mol. The summed E-state index contributed by atoms with van der Waals surface area (Å²) in [7, 11) is -1.81. The first kappa shape index (κ1) is 10.9. The molecule has 0 fully saturated rings. The van der Waals surface area contributed by atoms with E-state index < -0.39 is 10.0 Å². The third kappa shape index (κ3) is 4.34. The number of hydrogen-bond donors (Lipinski definition) is 1. The molecular weight excluding hydrogens is 164 g/mol. The topological polar surface area (TPSA) is 63.4 Å². The monoisotopic (exact) mass is 180 g/mol. The van der Waals surface area contributed by atoms with E-state index in [0.29, 0.717) is 6.42 Å². The van der Waals surface area contributed by atoms with Crippen LogP contribution in [-0.4, -0.2) is 25.6 Å². The normalized spacial score (nSPS) is 12.4. The van der Waals surface area contributed by atoms with Gasteiger partial charge in [0, 0.05) is 7.05 Å².